The Morgan fingerprint density at radius 1 is 1.40 bits per heavy atom. The molecule has 8 nitrogen and oxygen atoms in total. The molecule has 1 fully saturated rings. The summed E-state index contributed by atoms with van der Waals surface area (Å²) in [5, 5.41) is 11.4. The second-order valence-corrected chi connectivity index (χ2v) is 4.75. The first kappa shape index (κ1) is 15.9. The van der Waals surface area contributed by atoms with Gasteiger partial charge in [-0.15, -0.1) is 0 Å². The van der Waals surface area contributed by atoms with Gasteiger partial charge in [-0.05, 0) is 6.42 Å². The maximum atomic E-state index is 11.7. The van der Waals surface area contributed by atoms with Crippen molar-refractivity contribution in [1.82, 2.24) is 15.1 Å². The van der Waals surface area contributed by atoms with Crippen LogP contribution in [-0.4, -0.2) is 65.4 Å². The zero-order valence-electron chi connectivity index (χ0n) is 11.6. The highest BCUT2D eigenvalue weighted by Gasteiger charge is 2.34. The molecule has 0 bridgehead atoms. The third kappa shape index (κ3) is 3.94. The van der Waals surface area contributed by atoms with E-state index in [-0.39, 0.29) is 19.6 Å². The fourth-order valence-electron chi connectivity index (χ4n) is 1.92. The minimum Gasteiger partial charge on any atom is -0.481 e. The van der Waals surface area contributed by atoms with Gasteiger partial charge < -0.3 is 15.3 Å². The fraction of sp³-hybridized carbons (Fsp3) is 0.667. The van der Waals surface area contributed by atoms with Gasteiger partial charge in [-0.3, -0.25) is 19.3 Å². The molecular formula is C12H19N3O5. The highest BCUT2D eigenvalue weighted by molar-refractivity contribution is 6.04. The Hall–Kier alpha value is -2.12. The molecule has 0 aromatic carbocycles. The molecule has 0 radical (unpaired) electrons. The molecule has 1 aliphatic heterocycles. The molecule has 4 amide bonds. The van der Waals surface area contributed by atoms with E-state index in [0.717, 1.165) is 4.90 Å². The van der Waals surface area contributed by atoms with Gasteiger partial charge >= 0.3 is 12.0 Å². The van der Waals surface area contributed by atoms with Crippen molar-refractivity contribution in [2.75, 3.05) is 26.7 Å². The molecule has 1 atom stereocenters. The lowest BCUT2D eigenvalue weighted by Gasteiger charge is -2.16. The van der Waals surface area contributed by atoms with Crippen LogP contribution in [0.3, 0.4) is 0 Å². The lowest BCUT2D eigenvalue weighted by atomic mass is 10.0. The first-order valence-electron chi connectivity index (χ1n) is 6.41. The van der Waals surface area contributed by atoms with E-state index in [1.165, 1.54) is 11.9 Å². The molecule has 20 heavy (non-hydrogen) atoms. The standard InChI is InChI=1S/C12H19N3O5/c1-3-4-8(11(18)19)5-13-9(16)6-15-10(17)7-14(2)12(15)20/h8H,3-7H2,1-2H3,(H,13,16)(H,18,19). The number of hydrogen-bond acceptors (Lipinski definition) is 4. The van der Waals surface area contributed by atoms with Gasteiger partial charge in [-0.1, -0.05) is 13.3 Å². The number of carbonyl (C=O) groups excluding carboxylic acids is 3. The van der Waals surface area contributed by atoms with E-state index in [1.54, 1.807) is 0 Å². The van der Waals surface area contributed by atoms with Gasteiger partial charge in [0.25, 0.3) is 5.91 Å². The Kier molecular flexibility index (Phi) is 5.48. The van der Waals surface area contributed by atoms with E-state index in [1.807, 2.05) is 6.92 Å². The van der Waals surface area contributed by atoms with Gasteiger partial charge in [-0.2, -0.15) is 0 Å². The minimum atomic E-state index is -0.972. The normalized spacial score (nSPS) is 16.5. The maximum Gasteiger partial charge on any atom is 0.327 e. The highest BCUT2D eigenvalue weighted by Crippen LogP contribution is 2.08. The molecule has 1 heterocycles. The molecule has 0 spiro atoms. The molecule has 1 rings (SSSR count). The van der Waals surface area contributed by atoms with Crippen LogP contribution in [0, 0.1) is 5.92 Å². The van der Waals surface area contributed by atoms with Crippen LogP contribution in [0.5, 0.6) is 0 Å². The van der Waals surface area contributed by atoms with Crippen molar-refractivity contribution in [3.8, 4) is 0 Å². The summed E-state index contributed by atoms with van der Waals surface area (Å²) in [4.78, 5) is 47.7. The summed E-state index contributed by atoms with van der Waals surface area (Å²) in [6.45, 7) is 1.43. The monoisotopic (exact) mass is 285 g/mol. The van der Waals surface area contributed by atoms with Crippen molar-refractivity contribution in [3.05, 3.63) is 0 Å². The average Bonchev–Trinajstić information content (AvgIpc) is 2.61. The minimum absolute atomic E-state index is 0.00589. The van der Waals surface area contributed by atoms with Crippen LogP contribution in [0.2, 0.25) is 0 Å². The molecule has 1 unspecified atom stereocenters. The second-order valence-electron chi connectivity index (χ2n) is 4.75. The summed E-state index contributed by atoms with van der Waals surface area (Å²) >= 11 is 0. The van der Waals surface area contributed by atoms with Crippen molar-refractivity contribution in [3.63, 3.8) is 0 Å². The summed E-state index contributed by atoms with van der Waals surface area (Å²) in [6, 6.07) is -0.520. The van der Waals surface area contributed by atoms with E-state index in [9.17, 15) is 19.2 Å². The number of nitrogens with zero attached hydrogens (tertiary/aromatic N) is 2. The Labute approximate surface area is 116 Å². The van der Waals surface area contributed by atoms with Crippen molar-refractivity contribution < 1.29 is 24.3 Å². The van der Waals surface area contributed by atoms with Gasteiger partial charge in [0.15, 0.2) is 0 Å². The maximum absolute atomic E-state index is 11.7. The summed E-state index contributed by atoms with van der Waals surface area (Å²) < 4.78 is 0. The molecule has 0 aromatic rings. The molecule has 0 aromatic heterocycles. The van der Waals surface area contributed by atoms with Crippen LogP contribution < -0.4 is 5.32 Å². The number of urea groups is 1. The van der Waals surface area contributed by atoms with E-state index in [4.69, 9.17) is 5.11 Å². The molecular weight excluding hydrogens is 266 g/mol. The number of carbonyl (C=O) groups is 4. The molecule has 0 saturated carbocycles. The molecule has 0 aliphatic carbocycles. The number of amides is 4. The second kappa shape index (κ2) is 6.88. The molecule has 2 N–H and O–H groups in total. The van der Waals surface area contributed by atoms with E-state index in [2.05, 4.69) is 5.32 Å². The molecule has 8 heteroatoms. The third-order valence-electron chi connectivity index (χ3n) is 3.06. The number of aliphatic carboxylic acids is 1. The topological polar surface area (TPSA) is 107 Å². The number of imide groups is 1. The molecule has 112 valence electrons. The predicted octanol–water partition coefficient (Wildman–Crippen LogP) is -0.502. The largest absolute Gasteiger partial charge is 0.481 e. The third-order valence-corrected chi connectivity index (χ3v) is 3.06. The summed E-state index contributed by atoms with van der Waals surface area (Å²) in [5.74, 6) is -2.60. The van der Waals surface area contributed by atoms with Crippen LogP contribution in [0.25, 0.3) is 0 Å². The fourth-order valence-corrected chi connectivity index (χ4v) is 1.92. The summed E-state index contributed by atoms with van der Waals surface area (Å²) in [6.07, 6.45) is 1.15. The Morgan fingerprint density at radius 2 is 2.05 bits per heavy atom. The smallest absolute Gasteiger partial charge is 0.327 e. The Morgan fingerprint density at radius 3 is 2.50 bits per heavy atom. The number of rotatable bonds is 7. The zero-order valence-corrected chi connectivity index (χ0v) is 11.6. The summed E-state index contributed by atoms with van der Waals surface area (Å²) in [7, 11) is 1.47. The van der Waals surface area contributed by atoms with Gasteiger partial charge in [0.05, 0.1) is 5.92 Å². The van der Waals surface area contributed by atoms with Crippen molar-refractivity contribution >= 4 is 23.8 Å². The van der Waals surface area contributed by atoms with Crippen molar-refractivity contribution in [2.24, 2.45) is 5.92 Å². The summed E-state index contributed by atoms with van der Waals surface area (Å²) in [5.41, 5.74) is 0. The van der Waals surface area contributed by atoms with Crippen LogP contribution in [0.1, 0.15) is 19.8 Å². The van der Waals surface area contributed by atoms with Gasteiger partial charge in [0.2, 0.25) is 5.91 Å². The van der Waals surface area contributed by atoms with Crippen LogP contribution in [0.15, 0.2) is 0 Å². The zero-order chi connectivity index (χ0) is 15.3. The highest BCUT2D eigenvalue weighted by atomic mass is 16.4. The van der Waals surface area contributed by atoms with Crippen LogP contribution in [-0.2, 0) is 14.4 Å². The average molecular weight is 285 g/mol. The molecule has 1 saturated heterocycles. The molecule has 1 aliphatic rings. The number of hydrogen-bond donors (Lipinski definition) is 2. The van der Waals surface area contributed by atoms with E-state index < -0.39 is 29.7 Å². The van der Waals surface area contributed by atoms with Crippen molar-refractivity contribution in [1.29, 1.82) is 0 Å². The first-order valence-corrected chi connectivity index (χ1v) is 6.41. The van der Waals surface area contributed by atoms with Crippen molar-refractivity contribution in [2.45, 2.75) is 19.8 Å². The van der Waals surface area contributed by atoms with Gasteiger partial charge in [-0.25, -0.2) is 4.79 Å². The number of nitrogens with one attached hydrogen (secondary N) is 1. The van der Waals surface area contributed by atoms with Crippen LogP contribution >= 0.6 is 0 Å². The SMILES string of the molecule is CCCC(CNC(=O)CN1C(=O)CN(C)C1=O)C(=O)O. The van der Waals surface area contributed by atoms with E-state index in [0.29, 0.717) is 12.8 Å². The number of carboxylic acid groups (broad SMARTS) is 1. The number of carboxylic acids is 1. The Bertz CT molecular complexity index is 423. The lowest BCUT2D eigenvalue weighted by Crippen LogP contribution is -2.43. The van der Waals surface area contributed by atoms with Gasteiger partial charge in [0, 0.05) is 13.6 Å². The van der Waals surface area contributed by atoms with E-state index >= 15 is 0 Å². The lowest BCUT2D eigenvalue weighted by molar-refractivity contribution is -0.142. The quantitative estimate of drug-likeness (QED) is 0.613. The Balaban J connectivity index is 2.46. The predicted molar refractivity (Wildman–Crippen MR) is 68.8 cm³/mol. The number of likely N-dealkylation sites (N-methyl/N-ethyl adjacent to an activating group) is 1. The first-order chi connectivity index (χ1) is 9.36. The van der Waals surface area contributed by atoms with Crippen LogP contribution in [0.4, 0.5) is 4.79 Å². The van der Waals surface area contributed by atoms with Gasteiger partial charge in [0.1, 0.15) is 13.1 Å².